The monoisotopic (exact) mass is 769 g/mol. The van der Waals surface area contributed by atoms with E-state index in [1.54, 1.807) is 0 Å². The molecule has 54 heavy (non-hydrogen) atoms. The van der Waals surface area contributed by atoms with Gasteiger partial charge in [-0.05, 0) is 25.9 Å². The summed E-state index contributed by atoms with van der Waals surface area (Å²) in [5.41, 5.74) is 11.0. The van der Waals surface area contributed by atoms with Crippen molar-refractivity contribution >= 4 is 6.16 Å². The van der Waals surface area contributed by atoms with Crippen LogP contribution in [0.1, 0.15) is 296 Å². The minimum Gasteiger partial charge on any atom is -0.450 e. The van der Waals surface area contributed by atoms with Crippen LogP contribution in [0.15, 0.2) is 0 Å². The van der Waals surface area contributed by atoms with Crippen LogP contribution in [0.25, 0.3) is 0 Å². The van der Waals surface area contributed by atoms with Crippen molar-refractivity contribution in [2.24, 2.45) is 11.5 Å². The third-order valence-corrected chi connectivity index (χ3v) is 11.1. The number of hydrogen-bond donors (Lipinski definition) is 4. The number of unbranched alkanes of at least 4 members (excludes halogenated alkanes) is 42. The molecule has 0 radical (unpaired) electrons. The molecular formula is C49H104N2O3. The van der Waals surface area contributed by atoms with Gasteiger partial charge < -0.3 is 21.7 Å². The Morgan fingerprint density at radius 1 is 0.259 bits per heavy atom. The second-order valence-corrected chi connectivity index (χ2v) is 16.7. The maximum atomic E-state index is 8.56. The van der Waals surface area contributed by atoms with Crippen molar-refractivity contribution in [3.63, 3.8) is 0 Å². The van der Waals surface area contributed by atoms with E-state index in [0.717, 1.165) is 13.1 Å². The lowest BCUT2D eigenvalue weighted by atomic mass is 10.0. The third-order valence-electron chi connectivity index (χ3n) is 11.1. The quantitative estimate of drug-likeness (QED) is 0.0461. The first-order valence-electron chi connectivity index (χ1n) is 24.9. The lowest BCUT2D eigenvalue weighted by molar-refractivity contribution is 0.137. The van der Waals surface area contributed by atoms with Crippen molar-refractivity contribution in [1.82, 2.24) is 0 Å². The van der Waals surface area contributed by atoms with Crippen molar-refractivity contribution < 1.29 is 15.0 Å². The molecule has 6 N–H and O–H groups in total. The molecule has 0 aromatic heterocycles. The predicted molar refractivity (Wildman–Crippen MR) is 243 cm³/mol. The van der Waals surface area contributed by atoms with Gasteiger partial charge in [0.05, 0.1) is 0 Å². The minimum absolute atomic E-state index is 0.874. The van der Waals surface area contributed by atoms with Crippen molar-refractivity contribution in [2.75, 3.05) is 13.1 Å². The Bertz CT molecular complexity index is 524. The number of hydrogen-bond acceptors (Lipinski definition) is 3. The Morgan fingerprint density at radius 2 is 0.352 bits per heavy atom. The zero-order valence-corrected chi connectivity index (χ0v) is 37.5. The molecule has 0 spiro atoms. The molecule has 0 aliphatic heterocycles. The van der Waals surface area contributed by atoms with Crippen LogP contribution < -0.4 is 11.5 Å². The summed E-state index contributed by atoms with van der Waals surface area (Å²) in [5.74, 6) is 0. The van der Waals surface area contributed by atoms with Gasteiger partial charge in [-0.15, -0.1) is 0 Å². The van der Waals surface area contributed by atoms with Gasteiger partial charge in [-0.3, -0.25) is 0 Å². The highest BCUT2D eigenvalue weighted by Crippen LogP contribution is 2.17. The second-order valence-electron chi connectivity index (χ2n) is 16.7. The summed E-state index contributed by atoms with van der Waals surface area (Å²) in [7, 11) is 0. The molecule has 5 nitrogen and oxygen atoms in total. The predicted octanol–water partition coefficient (Wildman–Crippen LogP) is 17.3. The highest BCUT2D eigenvalue weighted by Gasteiger charge is 1.97. The Kier molecular flexibility index (Phi) is 62.7. The molecule has 0 aliphatic carbocycles. The first kappa shape index (κ1) is 57.5. The van der Waals surface area contributed by atoms with Crippen molar-refractivity contribution in [2.45, 2.75) is 296 Å². The highest BCUT2D eigenvalue weighted by atomic mass is 16.6. The number of rotatable bonds is 44. The smallest absolute Gasteiger partial charge is 0.450 e. The van der Waals surface area contributed by atoms with Crippen LogP contribution >= 0.6 is 0 Å². The molecule has 0 saturated carbocycles. The number of carboxylic acid groups (broad SMARTS) is 2. The van der Waals surface area contributed by atoms with Gasteiger partial charge in [-0.2, -0.15) is 0 Å². The Morgan fingerprint density at radius 3 is 0.444 bits per heavy atom. The number of nitrogens with two attached hydrogens (primary N) is 2. The second kappa shape index (κ2) is 58.9. The average molecular weight is 769 g/mol. The van der Waals surface area contributed by atoms with Gasteiger partial charge >= 0.3 is 6.16 Å². The van der Waals surface area contributed by atoms with E-state index in [1.165, 1.54) is 283 Å². The molecule has 0 atom stereocenters. The van der Waals surface area contributed by atoms with Crippen LogP contribution in [0.5, 0.6) is 0 Å². The Balaban J connectivity index is -0.000000875. The van der Waals surface area contributed by atoms with Gasteiger partial charge in [0, 0.05) is 0 Å². The molecule has 0 rings (SSSR count). The fourth-order valence-corrected chi connectivity index (χ4v) is 7.51. The summed E-state index contributed by atoms with van der Waals surface area (Å²) in [6.45, 7) is 6.35. The Hall–Kier alpha value is -0.810. The molecule has 0 saturated heterocycles. The zero-order chi connectivity index (χ0) is 40.1. The number of carbonyl (C=O) groups is 1. The molecule has 0 aliphatic rings. The summed E-state index contributed by atoms with van der Waals surface area (Å²) < 4.78 is 0. The molecule has 0 amide bonds. The first-order valence-corrected chi connectivity index (χ1v) is 24.9. The van der Waals surface area contributed by atoms with Gasteiger partial charge in [-0.25, -0.2) is 4.79 Å². The average Bonchev–Trinajstić information content (AvgIpc) is 3.16. The van der Waals surface area contributed by atoms with E-state index in [4.69, 9.17) is 26.5 Å². The Labute approximate surface area is 341 Å². The van der Waals surface area contributed by atoms with E-state index in [-0.39, 0.29) is 0 Å². The SMILES string of the molecule is CCCCCCCCCCCCCCCCCCCCCCCCN.CCCCCCCCCCCCCCCCCCCCCCCCN.O=C(O)O. The standard InChI is InChI=1S/2C24H51N.CH2O3/c2*1-2-3-4-5-6-7-8-9-10-11-12-13-14-15-16-17-18-19-20-21-22-23-24-25;2-1(3)4/h2*2-25H2,1H3;(H2,2,3,4). The van der Waals surface area contributed by atoms with Gasteiger partial charge in [-0.1, -0.05) is 284 Å². The van der Waals surface area contributed by atoms with Crippen LogP contribution in [0.3, 0.4) is 0 Å². The van der Waals surface area contributed by atoms with Crippen LogP contribution in [0, 0.1) is 0 Å². The van der Waals surface area contributed by atoms with Crippen molar-refractivity contribution in [1.29, 1.82) is 0 Å². The molecule has 0 fully saturated rings. The van der Waals surface area contributed by atoms with Crippen LogP contribution in [0.2, 0.25) is 0 Å². The fourth-order valence-electron chi connectivity index (χ4n) is 7.51. The zero-order valence-electron chi connectivity index (χ0n) is 37.5. The third kappa shape index (κ3) is 69.1. The summed E-state index contributed by atoms with van der Waals surface area (Å²) in [5, 5.41) is 13.9. The normalized spacial score (nSPS) is 10.9. The van der Waals surface area contributed by atoms with Crippen LogP contribution in [0.4, 0.5) is 4.79 Å². The van der Waals surface area contributed by atoms with E-state index < -0.39 is 6.16 Å². The summed E-state index contributed by atoms with van der Waals surface area (Å²) >= 11 is 0. The lowest BCUT2D eigenvalue weighted by Crippen LogP contribution is -1.97. The molecule has 0 unspecified atom stereocenters. The molecule has 0 aromatic carbocycles. The molecule has 0 heterocycles. The van der Waals surface area contributed by atoms with Crippen LogP contribution in [-0.4, -0.2) is 29.5 Å². The fraction of sp³-hybridized carbons (Fsp3) is 0.980. The lowest BCUT2D eigenvalue weighted by Gasteiger charge is -2.04. The largest absolute Gasteiger partial charge is 0.503 e. The van der Waals surface area contributed by atoms with E-state index in [0.29, 0.717) is 0 Å². The highest BCUT2D eigenvalue weighted by molar-refractivity contribution is 5.53. The van der Waals surface area contributed by atoms with Gasteiger partial charge in [0.1, 0.15) is 0 Å². The van der Waals surface area contributed by atoms with Crippen molar-refractivity contribution in [3.05, 3.63) is 0 Å². The van der Waals surface area contributed by atoms with Gasteiger partial charge in [0.2, 0.25) is 0 Å². The maximum Gasteiger partial charge on any atom is 0.503 e. The molecule has 328 valence electrons. The van der Waals surface area contributed by atoms with Gasteiger partial charge in [0.15, 0.2) is 0 Å². The molecule has 5 heteroatoms. The topological polar surface area (TPSA) is 110 Å². The molecular weight excluding hydrogens is 665 g/mol. The van der Waals surface area contributed by atoms with E-state index in [2.05, 4.69) is 13.8 Å². The van der Waals surface area contributed by atoms with Gasteiger partial charge in [0.25, 0.3) is 0 Å². The first-order chi connectivity index (χ1) is 26.6. The van der Waals surface area contributed by atoms with E-state index in [1.807, 2.05) is 0 Å². The minimum atomic E-state index is -1.83. The van der Waals surface area contributed by atoms with E-state index >= 15 is 0 Å². The summed E-state index contributed by atoms with van der Waals surface area (Å²) in [6, 6.07) is 0. The summed E-state index contributed by atoms with van der Waals surface area (Å²) in [4.78, 5) is 8.56. The molecule has 0 bridgehead atoms. The molecule has 0 aromatic rings. The van der Waals surface area contributed by atoms with Crippen molar-refractivity contribution in [3.8, 4) is 0 Å². The summed E-state index contributed by atoms with van der Waals surface area (Å²) in [6.07, 6.45) is 61.8. The maximum absolute atomic E-state index is 8.56. The van der Waals surface area contributed by atoms with Crippen LogP contribution in [-0.2, 0) is 0 Å². The van der Waals surface area contributed by atoms with E-state index in [9.17, 15) is 0 Å².